The number of benzene rings is 1. The minimum atomic E-state index is -0.502. The van der Waals surface area contributed by atoms with Gasteiger partial charge in [0.1, 0.15) is 5.75 Å². The summed E-state index contributed by atoms with van der Waals surface area (Å²) >= 11 is 0. The molecule has 0 spiro atoms. The second-order valence-electron chi connectivity index (χ2n) is 5.55. The van der Waals surface area contributed by atoms with Crippen molar-refractivity contribution in [2.75, 3.05) is 7.11 Å². The highest BCUT2D eigenvalue weighted by Crippen LogP contribution is 2.37. The highest BCUT2D eigenvalue weighted by atomic mass is 16.5. The number of hydrogen-bond donors (Lipinski definition) is 1. The van der Waals surface area contributed by atoms with E-state index in [4.69, 9.17) is 4.74 Å². The number of ether oxygens (including phenoxy) is 1. The Morgan fingerprint density at radius 1 is 1.29 bits per heavy atom. The fourth-order valence-electron chi connectivity index (χ4n) is 2.01. The lowest BCUT2D eigenvalue weighted by Gasteiger charge is -2.26. The monoisotopic (exact) mass is 236 g/mol. The molecule has 96 valence electrons. The van der Waals surface area contributed by atoms with Gasteiger partial charge in [0.25, 0.3) is 0 Å². The van der Waals surface area contributed by atoms with Gasteiger partial charge in [0.05, 0.1) is 13.2 Å². The molecule has 0 radical (unpaired) electrons. The number of aryl methyl sites for hydroxylation is 1. The van der Waals surface area contributed by atoms with E-state index < -0.39 is 6.10 Å². The van der Waals surface area contributed by atoms with Crippen LogP contribution in [0.3, 0.4) is 0 Å². The number of aliphatic hydroxyl groups excluding tert-OH is 1. The van der Waals surface area contributed by atoms with Crippen LogP contribution in [-0.4, -0.2) is 12.2 Å². The molecule has 17 heavy (non-hydrogen) atoms. The van der Waals surface area contributed by atoms with E-state index in [1.165, 1.54) is 5.56 Å². The summed E-state index contributed by atoms with van der Waals surface area (Å²) in [6.45, 7) is 10.4. The Hall–Kier alpha value is -1.02. The van der Waals surface area contributed by atoms with Crippen LogP contribution in [0.5, 0.6) is 5.75 Å². The van der Waals surface area contributed by atoms with Crippen LogP contribution in [0.2, 0.25) is 0 Å². The molecule has 2 nitrogen and oxygen atoms in total. The van der Waals surface area contributed by atoms with Gasteiger partial charge in [-0.05, 0) is 30.4 Å². The van der Waals surface area contributed by atoms with E-state index in [1.54, 1.807) is 14.0 Å². The first kappa shape index (κ1) is 14.0. The molecule has 1 N–H and O–H groups in total. The molecule has 1 atom stereocenters. The largest absolute Gasteiger partial charge is 0.496 e. The van der Waals surface area contributed by atoms with Crippen LogP contribution in [0.25, 0.3) is 0 Å². The molecule has 1 unspecified atom stereocenters. The van der Waals surface area contributed by atoms with E-state index in [1.807, 2.05) is 6.07 Å². The summed E-state index contributed by atoms with van der Waals surface area (Å²) in [6, 6.07) is 4.23. The van der Waals surface area contributed by atoms with E-state index in [-0.39, 0.29) is 5.41 Å². The first-order valence-corrected chi connectivity index (χ1v) is 6.20. The van der Waals surface area contributed by atoms with Crippen LogP contribution >= 0.6 is 0 Å². The first-order valence-electron chi connectivity index (χ1n) is 6.20. The molecule has 0 heterocycles. The predicted octanol–water partition coefficient (Wildman–Crippen LogP) is 3.61. The van der Waals surface area contributed by atoms with Crippen LogP contribution in [0, 0.1) is 0 Å². The van der Waals surface area contributed by atoms with Crippen LogP contribution in [0.4, 0.5) is 0 Å². The molecule has 1 aromatic rings. The smallest absolute Gasteiger partial charge is 0.128 e. The average Bonchev–Trinajstić information content (AvgIpc) is 2.25. The zero-order chi connectivity index (χ0) is 13.2. The summed E-state index contributed by atoms with van der Waals surface area (Å²) in [5, 5.41) is 9.87. The second-order valence-corrected chi connectivity index (χ2v) is 5.55. The van der Waals surface area contributed by atoms with Crippen molar-refractivity contribution in [1.82, 2.24) is 0 Å². The molecular formula is C15H24O2. The molecular weight excluding hydrogens is 212 g/mol. The van der Waals surface area contributed by atoms with E-state index in [0.29, 0.717) is 0 Å². The Morgan fingerprint density at radius 2 is 1.88 bits per heavy atom. The van der Waals surface area contributed by atoms with E-state index in [2.05, 4.69) is 33.8 Å². The van der Waals surface area contributed by atoms with Crippen molar-refractivity contribution in [3.8, 4) is 5.75 Å². The molecule has 0 amide bonds. The lowest BCUT2D eigenvalue weighted by atomic mass is 9.83. The molecule has 0 fully saturated rings. The van der Waals surface area contributed by atoms with Gasteiger partial charge in [-0.1, -0.05) is 33.8 Å². The molecule has 0 saturated heterocycles. The molecule has 1 aromatic carbocycles. The molecule has 0 aromatic heterocycles. The zero-order valence-corrected chi connectivity index (χ0v) is 11.8. The minimum Gasteiger partial charge on any atom is -0.496 e. The fraction of sp³-hybridized carbons (Fsp3) is 0.600. The van der Waals surface area contributed by atoms with Crippen LogP contribution in [-0.2, 0) is 11.8 Å². The molecule has 0 aliphatic heterocycles. The third kappa shape index (κ3) is 3.01. The summed E-state index contributed by atoms with van der Waals surface area (Å²) < 4.78 is 5.50. The van der Waals surface area contributed by atoms with Crippen LogP contribution < -0.4 is 4.74 Å². The SMILES string of the molecule is CCc1cc(C(C)O)c(OC)c(C(C)(C)C)c1. The number of rotatable bonds is 3. The average molecular weight is 236 g/mol. The number of aliphatic hydroxyl groups is 1. The van der Waals surface area contributed by atoms with E-state index in [9.17, 15) is 5.11 Å². The maximum absolute atomic E-state index is 9.87. The Morgan fingerprint density at radius 3 is 2.24 bits per heavy atom. The molecule has 0 saturated carbocycles. The van der Waals surface area contributed by atoms with Crippen molar-refractivity contribution < 1.29 is 9.84 Å². The van der Waals surface area contributed by atoms with E-state index >= 15 is 0 Å². The maximum Gasteiger partial charge on any atom is 0.128 e. The second kappa shape index (κ2) is 5.09. The summed E-state index contributed by atoms with van der Waals surface area (Å²) in [5.41, 5.74) is 3.30. The van der Waals surface area contributed by atoms with Crippen molar-refractivity contribution in [2.24, 2.45) is 0 Å². The van der Waals surface area contributed by atoms with Gasteiger partial charge >= 0.3 is 0 Å². The van der Waals surface area contributed by atoms with Gasteiger partial charge in [0.15, 0.2) is 0 Å². The lowest BCUT2D eigenvalue weighted by molar-refractivity contribution is 0.193. The standard InChI is InChI=1S/C15H24O2/c1-7-11-8-12(10(2)16)14(17-6)13(9-11)15(3,4)5/h8-10,16H,7H2,1-6H3. The molecule has 1 rings (SSSR count). The Labute approximate surface area is 105 Å². The fourth-order valence-corrected chi connectivity index (χ4v) is 2.01. The van der Waals surface area contributed by atoms with Crippen molar-refractivity contribution in [3.05, 3.63) is 28.8 Å². The first-order chi connectivity index (χ1) is 7.81. The van der Waals surface area contributed by atoms with Gasteiger partial charge in [0, 0.05) is 11.1 Å². The highest BCUT2D eigenvalue weighted by Gasteiger charge is 2.23. The van der Waals surface area contributed by atoms with Crippen molar-refractivity contribution in [3.63, 3.8) is 0 Å². The molecule has 0 aliphatic carbocycles. The Kier molecular flexibility index (Phi) is 4.21. The third-order valence-electron chi connectivity index (χ3n) is 3.05. The maximum atomic E-state index is 9.87. The van der Waals surface area contributed by atoms with Gasteiger partial charge in [-0.25, -0.2) is 0 Å². The van der Waals surface area contributed by atoms with Crippen molar-refractivity contribution >= 4 is 0 Å². The topological polar surface area (TPSA) is 29.5 Å². The van der Waals surface area contributed by atoms with Gasteiger partial charge in [-0.3, -0.25) is 0 Å². The number of hydrogen-bond acceptors (Lipinski definition) is 2. The minimum absolute atomic E-state index is 0.0141. The zero-order valence-electron chi connectivity index (χ0n) is 11.8. The van der Waals surface area contributed by atoms with Gasteiger partial charge in [-0.15, -0.1) is 0 Å². The Balaban J connectivity index is 3.51. The van der Waals surface area contributed by atoms with Crippen molar-refractivity contribution in [1.29, 1.82) is 0 Å². The van der Waals surface area contributed by atoms with Gasteiger partial charge < -0.3 is 9.84 Å². The van der Waals surface area contributed by atoms with Crippen LogP contribution in [0.15, 0.2) is 12.1 Å². The highest BCUT2D eigenvalue weighted by molar-refractivity contribution is 5.49. The van der Waals surface area contributed by atoms with Crippen LogP contribution in [0.1, 0.15) is 57.4 Å². The van der Waals surface area contributed by atoms with E-state index in [0.717, 1.165) is 23.3 Å². The van der Waals surface area contributed by atoms with Gasteiger partial charge in [0.2, 0.25) is 0 Å². The lowest BCUT2D eigenvalue weighted by Crippen LogP contribution is -2.15. The Bertz CT molecular complexity index is 387. The summed E-state index contributed by atoms with van der Waals surface area (Å²) in [5.74, 6) is 0.824. The number of methoxy groups -OCH3 is 1. The van der Waals surface area contributed by atoms with Crippen molar-refractivity contribution in [2.45, 2.75) is 52.6 Å². The van der Waals surface area contributed by atoms with Gasteiger partial charge in [-0.2, -0.15) is 0 Å². The quantitative estimate of drug-likeness (QED) is 0.868. The normalized spacial score (nSPS) is 13.6. The summed E-state index contributed by atoms with van der Waals surface area (Å²) in [4.78, 5) is 0. The molecule has 0 bridgehead atoms. The predicted molar refractivity (Wildman–Crippen MR) is 71.7 cm³/mol. The molecule has 2 heteroatoms. The summed E-state index contributed by atoms with van der Waals surface area (Å²) in [7, 11) is 1.67. The molecule has 0 aliphatic rings. The summed E-state index contributed by atoms with van der Waals surface area (Å²) in [6.07, 6.45) is 0.463. The third-order valence-corrected chi connectivity index (χ3v) is 3.05.